The topological polar surface area (TPSA) is 18.5 Å². The lowest BCUT2D eigenvalue weighted by atomic mass is 10.1. The van der Waals surface area contributed by atoms with Crippen LogP contribution in [0.2, 0.25) is 0 Å². The molecule has 0 N–H and O–H groups in total. The molecular weight excluding hydrogens is 307 g/mol. The first-order valence-corrected chi connectivity index (χ1v) is 6.11. The van der Waals surface area contributed by atoms with Gasteiger partial charge in [0.15, 0.2) is 0 Å². The molecule has 0 saturated heterocycles. The lowest BCUT2D eigenvalue weighted by molar-refractivity contribution is -0.316. The summed E-state index contributed by atoms with van der Waals surface area (Å²) in [7, 11) is 1.30. The number of hydrogen-bond donors (Lipinski definition) is 0. The number of methoxy groups -OCH3 is 1. The predicted molar refractivity (Wildman–Crippen MR) is 68.9 cm³/mol. The highest BCUT2D eigenvalue weighted by Gasteiger charge is 2.60. The van der Waals surface area contributed by atoms with Gasteiger partial charge in [0.1, 0.15) is 17.3 Å². The minimum absolute atomic E-state index is 0.179. The molecule has 0 spiro atoms. The molecule has 2 aromatic rings. The number of alkyl halides is 4. The van der Waals surface area contributed by atoms with Crippen LogP contribution in [0.25, 0.3) is 0 Å². The third kappa shape index (κ3) is 3.13. The Kier molecular flexibility index (Phi) is 4.25. The lowest BCUT2D eigenvalue weighted by Gasteiger charge is -2.26. The normalized spacial score (nSPS) is 12.1. The van der Waals surface area contributed by atoms with E-state index in [4.69, 9.17) is 4.74 Å². The van der Waals surface area contributed by atoms with E-state index in [2.05, 4.69) is 4.74 Å². The Bertz CT molecular complexity index is 641. The van der Waals surface area contributed by atoms with E-state index in [9.17, 15) is 22.0 Å². The van der Waals surface area contributed by atoms with Gasteiger partial charge in [-0.3, -0.25) is 0 Å². The molecule has 0 heterocycles. The number of rotatable bonds is 5. The summed E-state index contributed by atoms with van der Waals surface area (Å²) in [6, 6.07) is 7.42. The molecule has 0 fully saturated rings. The molecule has 2 aromatic carbocycles. The maximum atomic E-state index is 13.9. The maximum absolute atomic E-state index is 13.9. The molecule has 0 bridgehead atoms. The first kappa shape index (κ1) is 16.1. The summed E-state index contributed by atoms with van der Waals surface area (Å²) in [5.74, 6) is -5.75. The zero-order valence-corrected chi connectivity index (χ0v) is 11.3. The second-order valence-corrected chi connectivity index (χ2v) is 4.38. The molecule has 0 aliphatic carbocycles. The quantitative estimate of drug-likeness (QED) is 0.750. The molecular formula is C15H11F5O2. The van der Waals surface area contributed by atoms with Crippen LogP contribution in [0.15, 0.2) is 48.5 Å². The van der Waals surface area contributed by atoms with Crippen LogP contribution in [0.1, 0.15) is 5.56 Å². The smallest absolute Gasteiger partial charge is 0.469 e. The Morgan fingerprint density at radius 1 is 0.864 bits per heavy atom. The van der Waals surface area contributed by atoms with Crippen molar-refractivity contribution in [1.82, 2.24) is 0 Å². The first-order valence-electron chi connectivity index (χ1n) is 6.11. The highest BCUT2D eigenvalue weighted by molar-refractivity contribution is 5.33. The van der Waals surface area contributed by atoms with Gasteiger partial charge in [-0.15, -0.1) is 0 Å². The molecule has 0 radical (unpaired) electrons. The van der Waals surface area contributed by atoms with Crippen molar-refractivity contribution in [2.45, 2.75) is 12.0 Å². The van der Waals surface area contributed by atoms with Crippen molar-refractivity contribution in [3.63, 3.8) is 0 Å². The first-order chi connectivity index (χ1) is 10.3. The van der Waals surface area contributed by atoms with Crippen LogP contribution in [0, 0.1) is 5.82 Å². The molecule has 0 aliphatic heterocycles. The van der Waals surface area contributed by atoms with Gasteiger partial charge in [-0.2, -0.15) is 17.6 Å². The monoisotopic (exact) mass is 318 g/mol. The molecule has 0 aliphatic rings. The van der Waals surface area contributed by atoms with E-state index >= 15 is 0 Å². The zero-order chi connectivity index (χ0) is 16.4. The van der Waals surface area contributed by atoms with Crippen LogP contribution in [0.5, 0.6) is 11.5 Å². The van der Waals surface area contributed by atoms with E-state index in [0.717, 1.165) is 12.1 Å². The Morgan fingerprint density at radius 2 is 1.45 bits per heavy atom. The third-order valence-corrected chi connectivity index (χ3v) is 2.86. The lowest BCUT2D eigenvalue weighted by Crippen LogP contribution is -2.43. The SMILES string of the molecule is COc1cccc(OC(F)(F)C(F)(F)c2ccc(F)cc2)c1. The van der Waals surface area contributed by atoms with Gasteiger partial charge in [0.05, 0.1) is 7.11 Å². The van der Waals surface area contributed by atoms with Crippen LogP contribution in [-0.2, 0) is 5.92 Å². The summed E-state index contributed by atoms with van der Waals surface area (Å²) in [6.07, 6.45) is -4.82. The van der Waals surface area contributed by atoms with E-state index in [-0.39, 0.29) is 5.75 Å². The van der Waals surface area contributed by atoms with Crippen molar-refractivity contribution < 1.29 is 31.4 Å². The van der Waals surface area contributed by atoms with Gasteiger partial charge in [-0.25, -0.2) is 4.39 Å². The van der Waals surface area contributed by atoms with Gasteiger partial charge >= 0.3 is 12.0 Å². The molecule has 2 nitrogen and oxygen atoms in total. The average Bonchev–Trinajstić information content (AvgIpc) is 2.47. The fourth-order valence-electron chi connectivity index (χ4n) is 1.70. The maximum Gasteiger partial charge on any atom is 0.469 e. The Morgan fingerprint density at radius 3 is 2.05 bits per heavy atom. The molecule has 0 saturated carbocycles. The molecule has 0 aromatic heterocycles. The van der Waals surface area contributed by atoms with Crippen molar-refractivity contribution in [1.29, 1.82) is 0 Å². The molecule has 22 heavy (non-hydrogen) atoms. The Labute approximate surface area is 123 Å². The number of benzene rings is 2. The van der Waals surface area contributed by atoms with Crippen molar-refractivity contribution in [2.24, 2.45) is 0 Å². The largest absolute Gasteiger partial charge is 0.497 e. The fraction of sp³-hybridized carbons (Fsp3) is 0.200. The second kappa shape index (κ2) is 5.82. The molecule has 118 valence electrons. The van der Waals surface area contributed by atoms with E-state index in [1.165, 1.54) is 19.2 Å². The van der Waals surface area contributed by atoms with Crippen LogP contribution >= 0.6 is 0 Å². The van der Waals surface area contributed by atoms with E-state index in [0.29, 0.717) is 24.3 Å². The molecule has 2 rings (SSSR count). The molecule has 0 atom stereocenters. The fourth-order valence-corrected chi connectivity index (χ4v) is 1.70. The highest BCUT2D eigenvalue weighted by atomic mass is 19.3. The van der Waals surface area contributed by atoms with Crippen LogP contribution < -0.4 is 9.47 Å². The minimum atomic E-state index is -4.82. The van der Waals surface area contributed by atoms with Gasteiger partial charge in [0, 0.05) is 11.6 Å². The van der Waals surface area contributed by atoms with Crippen molar-refractivity contribution in [3.05, 3.63) is 59.9 Å². The van der Waals surface area contributed by atoms with E-state index in [1.54, 1.807) is 0 Å². The van der Waals surface area contributed by atoms with Crippen LogP contribution in [0.3, 0.4) is 0 Å². The molecule has 0 unspecified atom stereocenters. The standard InChI is InChI=1S/C15H11F5O2/c1-21-12-3-2-4-13(9-12)22-15(19,20)14(17,18)10-5-7-11(16)8-6-10/h2-9H,1H3. The minimum Gasteiger partial charge on any atom is -0.497 e. The van der Waals surface area contributed by atoms with Gasteiger partial charge in [-0.05, 0) is 36.4 Å². The van der Waals surface area contributed by atoms with Crippen molar-refractivity contribution in [3.8, 4) is 11.5 Å². The number of hydrogen-bond acceptors (Lipinski definition) is 2. The van der Waals surface area contributed by atoms with E-state index in [1.807, 2.05) is 0 Å². The van der Waals surface area contributed by atoms with Gasteiger partial charge in [0.2, 0.25) is 0 Å². The second-order valence-electron chi connectivity index (χ2n) is 4.38. The summed E-state index contributed by atoms with van der Waals surface area (Å²) in [5.41, 5.74) is -1.05. The van der Waals surface area contributed by atoms with Crippen LogP contribution in [-0.4, -0.2) is 13.2 Å². The molecule has 7 heteroatoms. The van der Waals surface area contributed by atoms with E-state index < -0.39 is 29.2 Å². The third-order valence-electron chi connectivity index (χ3n) is 2.86. The zero-order valence-electron chi connectivity index (χ0n) is 11.3. The Hall–Kier alpha value is -2.31. The Balaban J connectivity index is 2.29. The van der Waals surface area contributed by atoms with Gasteiger partial charge in [0.25, 0.3) is 0 Å². The predicted octanol–water partition coefficient (Wildman–Crippen LogP) is 4.60. The summed E-state index contributed by atoms with van der Waals surface area (Å²) < 4.78 is 77.1. The van der Waals surface area contributed by atoms with Crippen molar-refractivity contribution >= 4 is 0 Å². The van der Waals surface area contributed by atoms with Gasteiger partial charge in [-0.1, -0.05) is 6.07 Å². The summed E-state index contributed by atoms with van der Waals surface area (Å²) >= 11 is 0. The van der Waals surface area contributed by atoms with Crippen LogP contribution in [0.4, 0.5) is 22.0 Å². The number of halogens is 5. The van der Waals surface area contributed by atoms with Gasteiger partial charge < -0.3 is 9.47 Å². The number of ether oxygens (including phenoxy) is 2. The summed E-state index contributed by atoms with van der Waals surface area (Å²) in [4.78, 5) is 0. The highest BCUT2D eigenvalue weighted by Crippen LogP contribution is 2.44. The summed E-state index contributed by atoms with van der Waals surface area (Å²) in [5, 5.41) is 0. The summed E-state index contributed by atoms with van der Waals surface area (Å²) in [6.45, 7) is 0. The molecule has 0 amide bonds. The average molecular weight is 318 g/mol. The van der Waals surface area contributed by atoms with Crippen molar-refractivity contribution in [2.75, 3.05) is 7.11 Å².